The summed E-state index contributed by atoms with van der Waals surface area (Å²) in [5, 5.41) is 0. The molecule has 4 nitrogen and oxygen atoms in total. The third-order valence-corrected chi connectivity index (χ3v) is 5.72. The zero-order chi connectivity index (χ0) is 21.3. The highest BCUT2D eigenvalue weighted by Gasteiger charge is 2.43. The highest BCUT2D eigenvalue weighted by atomic mass is 32.2. The molecule has 0 aliphatic rings. The molecule has 0 saturated carbocycles. The Morgan fingerprint density at radius 1 is 1.11 bits per heavy atom. The number of halogens is 4. The van der Waals surface area contributed by atoms with Crippen molar-refractivity contribution >= 4 is 23.3 Å². The zero-order valence-corrected chi connectivity index (χ0v) is 16.2. The summed E-state index contributed by atoms with van der Waals surface area (Å²) in [4.78, 5) is -0.224. The number of ether oxygens (including phenoxy) is 1. The van der Waals surface area contributed by atoms with Gasteiger partial charge in [0.1, 0.15) is 26.0 Å². The Balaban J connectivity index is 2.31. The van der Waals surface area contributed by atoms with Gasteiger partial charge >= 0.3 is 6.18 Å². The molecule has 0 heterocycles. The molecule has 1 atom stereocenters. The lowest BCUT2D eigenvalue weighted by molar-refractivity contribution is -0.157. The van der Waals surface area contributed by atoms with Crippen LogP contribution in [-0.2, 0) is 10.0 Å². The van der Waals surface area contributed by atoms with Gasteiger partial charge in [-0.2, -0.15) is 17.9 Å². The van der Waals surface area contributed by atoms with Crippen LogP contribution in [0.15, 0.2) is 35.2 Å². The molecule has 0 aliphatic carbocycles. The first kappa shape index (κ1) is 22.2. The van der Waals surface area contributed by atoms with Crippen molar-refractivity contribution in [2.45, 2.75) is 37.9 Å². The van der Waals surface area contributed by atoms with Crippen LogP contribution < -0.4 is 14.9 Å². The molecule has 0 saturated heterocycles. The van der Waals surface area contributed by atoms with E-state index in [0.717, 1.165) is 23.8 Å². The van der Waals surface area contributed by atoms with Gasteiger partial charge in [-0.3, -0.25) is 0 Å². The molecule has 0 bridgehead atoms. The quantitative estimate of drug-likeness (QED) is 0.583. The Morgan fingerprint density at radius 3 is 2.21 bits per heavy atom. The summed E-state index contributed by atoms with van der Waals surface area (Å²) in [6.45, 7) is 3.64. The smallest absolute Gasteiger partial charge is 0.408 e. The molecule has 2 aromatic rings. The monoisotopic (exact) mass is 415 g/mol. The lowest BCUT2D eigenvalue weighted by Gasteiger charge is -2.23. The maximum absolute atomic E-state index is 13.4. The molecule has 2 aromatic carbocycles. The van der Waals surface area contributed by atoms with Crippen molar-refractivity contribution in [3.63, 3.8) is 0 Å². The number of alkyl halides is 3. The minimum Gasteiger partial charge on any atom is -0.492 e. The predicted molar refractivity (Wildman–Crippen MR) is 98.1 cm³/mol. The van der Waals surface area contributed by atoms with Crippen LogP contribution in [-0.4, -0.2) is 35.1 Å². The maximum atomic E-state index is 13.4. The number of aryl methyl sites for hydroxylation is 3. The van der Waals surface area contributed by atoms with Gasteiger partial charge in [-0.05, 0) is 38.0 Å². The Hall–Kier alpha value is -2.07. The van der Waals surface area contributed by atoms with E-state index < -0.39 is 34.7 Å². The molecule has 0 aliphatic heterocycles. The van der Waals surface area contributed by atoms with E-state index in [4.69, 9.17) is 12.6 Å². The van der Waals surface area contributed by atoms with E-state index >= 15 is 0 Å². The van der Waals surface area contributed by atoms with Crippen molar-refractivity contribution in [2.24, 2.45) is 0 Å². The number of hydrogen-bond acceptors (Lipinski definition) is 3. The van der Waals surface area contributed by atoms with Crippen LogP contribution in [0.2, 0.25) is 0 Å². The van der Waals surface area contributed by atoms with E-state index in [9.17, 15) is 26.0 Å². The van der Waals surface area contributed by atoms with Crippen molar-refractivity contribution in [3.05, 3.63) is 52.8 Å². The van der Waals surface area contributed by atoms with Gasteiger partial charge in [0.15, 0.2) is 6.04 Å². The SMILES string of the molecule is [B]c1ccc(F)cc1OCC(NS(=O)(=O)c1c(C)cc(C)cc1C)C(F)(F)F. The lowest BCUT2D eigenvalue weighted by atomic mass is 9.95. The highest BCUT2D eigenvalue weighted by Crippen LogP contribution is 2.26. The van der Waals surface area contributed by atoms with E-state index in [1.165, 1.54) is 13.8 Å². The summed E-state index contributed by atoms with van der Waals surface area (Å²) in [5.41, 5.74) is 1.35. The Kier molecular flexibility index (Phi) is 6.45. The van der Waals surface area contributed by atoms with Crippen LogP contribution in [0.4, 0.5) is 17.6 Å². The number of nitrogens with one attached hydrogen (secondary N) is 1. The topological polar surface area (TPSA) is 55.4 Å². The first-order valence-corrected chi connectivity index (χ1v) is 9.64. The average molecular weight is 415 g/mol. The minimum atomic E-state index is -4.94. The van der Waals surface area contributed by atoms with Crippen molar-refractivity contribution in [2.75, 3.05) is 6.61 Å². The third kappa shape index (κ3) is 5.26. The second kappa shape index (κ2) is 8.12. The Labute approximate surface area is 162 Å². The highest BCUT2D eigenvalue weighted by molar-refractivity contribution is 7.89. The summed E-state index contributed by atoms with van der Waals surface area (Å²) >= 11 is 0. The summed E-state index contributed by atoms with van der Waals surface area (Å²) in [7, 11) is 1.05. The average Bonchev–Trinajstić information content (AvgIpc) is 2.51. The number of benzene rings is 2. The molecule has 0 spiro atoms. The summed E-state index contributed by atoms with van der Waals surface area (Å²) in [6, 6.07) is 3.56. The molecule has 0 fully saturated rings. The molecule has 0 aromatic heterocycles. The van der Waals surface area contributed by atoms with Crippen LogP contribution in [0, 0.1) is 26.6 Å². The van der Waals surface area contributed by atoms with Gasteiger partial charge in [-0.25, -0.2) is 12.8 Å². The fourth-order valence-corrected chi connectivity index (χ4v) is 4.50. The van der Waals surface area contributed by atoms with Crippen molar-refractivity contribution in [1.82, 2.24) is 4.72 Å². The van der Waals surface area contributed by atoms with E-state index in [0.29, 0.717) is 11.1 Å². The number of rotatable bonds is 6. The summed E-state index contributed by atoms with van der Waals surface area (Å²) in [6.07, 6.45) is -4.94. The maximum Gasteiger partial charge on any atom is 0.408 e. The summed E-state index contributed by atoms with van der Waals surface area (Å²) < 4.78 is 85.3. The van der Waals surface area contributed by atoms with E-state index in [1.54, 1.807) is 23.8 Å². The first-order chi connectivity index (χ1) is 12.8. The van der Waals surface area contributed by atoms with E-state index in [1.807, 2.05) is 0 Å². The van der Waals surface area contributed by atoms with Gasteiger partial charge in [-0.1, -0.05) is 29.2 Å². The second-order valence-corrected chi connectivity index (χ2v) is 8.09. The largest absolute Gasteiger partial charge is 0.492 e. The van der Waals surface area contributed by atoms with Gasteiger partial charge in [0.2, 0.25) is 10.0 Å². The zero-order valence-electron chi connectivity index (χ0n) is 15.4. The lowest BCUT2D eigenvalue weighted by Crippen LogP contribution is -2.49. The molecule has 2 rings (SSSR count). The van der Waals surface area contributed by atoms with Crippen LogP contribution in [0.5, 0.6) is 5.75 Å². The van der Waals surface area contributed by atoms with Crippen LogP contribution in [0.3, 0.4) is 0 Å². The Morgan fingerprint density at radius 2 is 1.68 bits per heavy atom. The number of sulfonamides is 1. The van der Waals surface area contributed by atoms with Gasteiger partial charge in [0, 0.05) is 6.07 Å². The molecule has 28 heavy (non-hydrogen) atoms. The molecule has 10 heteroatoms. The fraction of sp³-hybridized carbons (Fsp3) is 0.333. The van der Waals surface area contributed by atoms with Crippen molar-refractivity contribution in [3.8, 4) is 5.75 Å². The number of hydrogen-bond donors (Lipinski definition) is 1. The molecule has 2 radical (unpaired) electrons. The molecule has 150 valence electrons. The molecule has 0 amide bonds. The van der Waals surface area contributed by atoms with Crippen LogP contribution >= 0.6 is 0 Å². The second-order valence-electron chi connectivity index (χ2n) is 6.44. The van der Waals surface area contributed by atoms with Gasteiger partial charge in [0.05, 0.1) is 4.90 Å². The fourth-order valence-electron chi connectivity index (χ4n) is 2.84. The first-order valence-electron chi connectivity index (χ1n) is 8.16. The van der Waals surface area contributed by atoms with Gasteiger partial charge in [0.25, 0.3) is 0 Å². The standard InChI is InChI=1S/C18H18BF4NO3S/c1-10-6-11(2)17(12(3)7-10)28(25,26)24-16(18(21,22)23)9-27-15-8-13(20)4-5-14(15)19/h4-8,16,24H,9H2,1-3H3. The van der Waals surface area contributed by atoms with Gasteiger partial charge in [-0.15, -0.1) is 0 Å². The van der Waals surface area contributed by atoms with Crippen LogP contribution in [0.25, 0.3) is 0 Å². The predicted octanol–water partition coefficient (Wildman–Crippen LogP) is 2.83. The molecular weight excluding hydrogens is 397 g/mol. The van der Waals surface area contributed by atoms with E-state index in [2.05, 4.69) is 0 Å². The molecule has 1 unspecified atom stereocenters. The minimum absolute atomic E-state index is 0.0737. The van der Waals surface area contributed by atoms with E-state index in [-0.39, 0.29) is 16.1 Å². The summed E-state index contributed by atoms with van der Waals surface area (Å²) in [5.74, 6) is -1.06. The van der Waals surface area contributed by atoms with Crippen molar-refractivity contribution < 1.29 is 30.7 Å². The molecular formula is C18H18BF4NO3S. The Bertz CT molecular complexity index is 954. The van der Waals surface area contributed by atoms with Crippen LogP contribution in [0.1, 0.15) is 16.7 Å². The van der Waals surface area contributed by atoms with Gasteiger partial charge < -0.3 is 4.74 Å². The normalized spacial score (nSPS) is 13.4. The third-order valence-electron chi connectivity index (χ3n) is 3.95. The van der Waals surface area contributed by atoms with Crippen molar-refractivity contribution in [1.29, 1.82) is 0 Å². The molecule has 1 N–H and O–H groups in total.